The van der Waals surface area contributed by atoms with Crippen LogP contribution in [0.15, 0.2) is 30.3 Å². The largest absolute Gasteiger partial charge is 0.378 e. The number of rotatable bonds is 2. The van der Waals surface area contributed by atoms with Gasteiger partial charge >= 0.3 is 0 Å². The standard InChI is InChI=1S/C18H16FN3O2/c1-12-15(11-20)14(13-4-2-3-5-16(13)19)10-17(21-12)18(23)22-6-8-24-9-7-22/h2-5,10H,6-9H2,1H3. The molecule has 0 N–H and O–H groups in total. The van der Waals surface area contributed by atoms with Crippen LogP contribution in [0.2, 0.25) is 0 Å². The Morgan fingerprint density at radius 3 is 2.67 bits per heavy atom. The van der Waals surface area contributed by atoms with Crippen LogP contribution in [-0.4, -0.2) is 42.1 Å². The lowest BCUT2D eigenvalue weighted by atomic mass is 9.98. The van der Waals surface area contributed by atoms with E-state index in [-0.39, 0.29) is 22.7 Å². The molecule has 0 bridgehead atoms. The van der Waals surface area contributed by atoms with Gasteiger partial charge in [-0.1, -0.05) is 18.2 Å². The highest BCUT2D eigenvalue weighted by molar-refractivity contribution is 5.94. The molecule has 122 valence electrons. The zero-order valence-corrected chi connectivity index (χ0v) is 13.3. The highest BCUT2D eigenvalue weighted by atomic mass is 19.1. The Bertz CT molecular complexity index is 823. The summed E-state index contributed by atoms with van der Waals surface area (Å²) in [5.41, 5.74) is 1.58. The van der Waals surface area contributed by atoms with Gasteiger partial charge in [-0.15, -0.1) is 0 Å². The fourth-order valence-electron chi connectivity index (χ4n) is 2.74. The molecule has 3 rings (SSSR count). The summed E-state index contributed by atoms with van der Waals surface area (Å²) in [7, 11) is 0. The number of hydrogen-bond acceptors (Lipinski definition) is 4. The van der Waals surface area contributed by atoms with E-state index in [9.17, 15) is 14.4 Å². The molecule has 6 heteroatoms. The van der Waals surface area contributed by atoms with Crippen LogP contribution < -0.4 is 0 Å². The van der Waals surface area contributed by atoms with Gasteiger partial charge in [0, 0.05) is 24.2 Å². The second kappa shape index (κ2) is 6.77. The maximum Gasteiger partial charge on any atom is 0.272 e. The van der Waals surface area contributed by atoms with Gasteiger partial charge in [-0.25, -0.2) is 9.37 Å². The Morgan fingerprint density at radius 2 is 2.00 bits per heavy atom. The fraction of sp³-hybridized carbons (Fsp3) is 0.278. The average molecular weight is 325 g/mol. The molecule has 5 nitrogen and oxygen atoms in total. The molecular weight excluding hydrogens is 309 g/mol. The zero-order valence-electron chi connectivity index (χ0n) is 13.3. The number of ether oxygens (including phenoxy) is 1. The maximum atomic E-state index is 14.2. The van der Waals surface area contributed by atoms with Crippen LogP contribution in [0.3, 0.4) is 0 Å². The molecule has 1 aliphatic heterocycles. The molecule has 1 aromatic carbocycles. The number of hydrogen-bond donors (Lipinski definition) is 0. The lowest BCUT2D eigenvalue weighted by Crippen LogP contribution is -2.41. The summed E-state index contributed by atoms with van der Waals surface area (Å²) in [6.07, 6.45) is 0. The molecular formula is C18H16FN3O2. The Kier molecular flexibility index (Phi) is 4.54. The molecule has 2 aromatic rings. The van der Waals surface area contributed by atoms with Crippen molar-refractivity contribution in [3.8, 4) is 17.2 Å². The highest BCUT2D eigenvalue weighted by Crippen LogP contribution is 2.28. The maximum absolute atomic E-state index is 14.2. The first-order valence-electron chi connectivity index (χ1n) is 7.65. The van der Waals surface area contributed by atoms with Gasteiger partial charge in [-0.3, -0.25) is 4.79 Å². The summed E-state index contributed by atoms with van der Waals surface area (Å²) in [5.74, 6) is -0.673. The average Bonchev–Trinajstić information content (AvgIpc) is 2.61. The molecule has 2 heterocycles. The first kappa shape index (κ1) is 16.1. The van der Waals surface area contributed by atoms with Crippen molar-refractivity contribution >= 4 is 5.91 Å². The molecule has 0 radical (unpaired) electrons. The van der Waals surface area contributed by atoms with E-state index in [4.69, 9.17) is 4.74 Å². The second-order valence-corrected chi connectivity index (χ2v) is 5.51. The van der Waals surface area contributed by atoms with Gasteiger partial charge in [-0.2, -0.15) is 5.26 Å². The number of nitriles is 1. The van der Waals surface area contributed by atoms with E-state index in [2.05, 4.69) is 11.1 Å². The Hall–Kier alpha value is -2.78. The summed E-state index contributed by atoms with van der Waals surface area (Å²) < 4.78 is 19.4. The molecule has 0 atom stereocenters. The third kappa shape index (κ3) is 2.99. The molecule has 0 unspecified atom stereocenters. The van der Waals surface area contributed by atoms with Crippen LogP contribution in [0, 0.1) is 24.1 Å². The summed E-state index contributed by atoms with van der Waals surface area (Å²) in [6, 6.07) is 9.76. The molecule has 24 heavy (non-hydrogen) atoms. The number of amides is 1. The number of aromatic nitrogens is 1. The van der Waals surface area contributed by atoms with Gasteiger partial charge < -0.3 is 9.64 Å². The van der Waals surface area contributed by atoms with Crippen molar-refractivity contribution in [3.63, 3.8) is 0 Å². The second-order valence-electron chi connectivity index (χ2n) is 5.51. The van der Waals surface area contributed by atoms with Crippen molar-refractivity contribution in [1.29, 1.82) is 5.26 Å². The summed E-state index contributed by atoms with van der Waals surface area (Å²) in [5, 5.41) is 9.41. The van der Waals surface area contributed by atoms with E-state index in [1.807, 2.05) is 0 Å². The zero-order chi connectivity index (χ0) is 17.1. The third-order valence-corrected chi connectivity index (χ3v) is 3.99. The number of halogens is 1. The number of nitrogens with zero attached hydrogens (tertiary/aromatic N) is 3. The predicted octanol–water partition coefficient (Wildman–Crippen LogP) is 2.54. The van der Waals surface area contributed by atoms with E-state index in [0.717, 1.165) is 0 Å². The van der Waals surface area contributed by atoms with E-state index < -0.39 is 5.82 Å². The Labute approximate surface area is 139 Å². The van der Waals surface area contributed by atoms with Gasteiger partial charge in [0.25, 0.3) is 5.91 Å². The number of aryl methyl sites for hydroxylation is 1. The Balaban J connectivity index is 2.09. The molecule has 1 fully saturated rings. The first-order valence-corrected chi connectivity index (χ1v) is 7.65. The third-order valence-electron chi connectivity index (χ3n) is 3.99. The van der Waals surface area contributed by atoms with Gasteiger partial charge in [-0.05, 0) is 19.1 Å². The van der Waals surface area contributed by atoms with Crippen LogP contribution in [-0.2, 0) is 4.74 Å². The number of morpholine rings is 1. The van der Waals surface area contributed by atoms with Gasteiger partial charge in [0.2, 0.25) is 0 Å². The number of benzene rings is 1. The van der Waals surface area contributed by atoms with Crippen molar-refractivity contribution in [3.05, 3.63) is 53.1 Å². The number of carbonyl (C=O) groups is 1. The highest BCUT2D eigenvalue weighted by Gasteiger charge is 2.23. The lowest BCUT2D eigenvalue weighted by Gasteiger charge is -2.26. The minimum Gasteiger partial charge on any atom is -0.378 e. The van der Waals surface area contributed by atoms with Crippen molar-refractivity contribution in [2.45, 2.75) is 6.92 Å². The van der Waals surface area contributed by atoms with Gasteiger partial charge in [0.1, 0.15) is 17.6 Å². The van der Waals surface area contributed by atoms with Crippen molar-refractivity contribution in [2.75, 3.05) is 26.3 Å². The molecule has 0 saturated carbocycles. The van der Waals surface area contributed by atoms with Gasteiger partial charge in [0.05, 0.1) is 24.5 Å². The normalized spacial score (nSPS) is 14.3. The summed E-state index contributed by atoms with van der Waals surface area (Å²) in [4.78, 5) is 18.6. The van der Waals surface area contributed by atoms with E-state index >= 15 is 0 Å². The monoisotopic (exact) mass is 325 g/mol. The Morgan fingerprint density at radius 1 is 1.29 bits per heavy atom. The quantitative estimate of drug-likeness (QED) is 0.851. The molecule has 1 aliphatic rings. The topological polar surface area (TPSA) is 66.2 Å². The molecule has 1 saturated heterocycles. The molecule has 0 aliphatic carbocycles. The predicted molar refractivity (Wildman–Crippen MR) is 85.8 cm³/mol. The lowest BCUT2D eigenvalue weighted by molar-refractivity contribution is 0.0299. The van der Waals surface area contributed by atoms with Crippen LogP contribution >= 0.6 is 0 Å². The fourth-order valence-corrected chi connectivity index (χ4v) is 2.74. The summed E-state index contributed by atoms with van der Waals surface area (Å²) in [6.45, 7) is 3.62. The van der Waals surface area contributed by atoms with Gasteiger partial charge in [0.15, 0.2) is 0 Å². The smallest absolute Gasteiger partial charge is 0.272 e. The van der Waals surface area contributed by atoms with E-state index in [1.165, 1.54) is 12.1 Å². The van der Waals surface area contributed by atoms with Crippen LogP contribution in [0.25, 0.3) is 11.1 Å². The minimum atomic E-state index is -0.440. The van der Waals surface area contributed by atoms with Crippen molar-refractivity contribution < 1.29 is 13.9 Å². The van der Waals surface area contributed by atoms with Crippen LogP contribution in [0.4, 0.5) is 4.39 Å². The van der Waals surface area contributed by atoms with E-state index in [0.29, 0.717) is 37.6 Å². The molecule has 1 aromatic heterocycles. The summed E-state index contributed by atoms with van der Waals surface area (Å²) >= 11 is 0. The SMILES string of the molecule is Cc1nc(C(=O)N2CCOCC2)cc(-c2ccccc2F)c1C#N. The number of carbonyl (C=O) groups excluding carboxylic acids is 1. The number of pyridine rings is 1. The van der Waals surface area contributed by atoms with Crippen LogP contribution in [0.5, 0.6) is 0 Å². The van der Waals surface area contributed by atoms with E-state index in [1.54, 1.807) is 30.0 Å². The van der Waals surface area contributed by atoms with Crippen LogP contribution in [0.1, 0.15) is 21.7 Å². The minimum absolute atomic E-state index is 0.214. The molecule has 0 spiro atoms. The van der Waals surface area contributed by atoms with Crippen molar-refractivity contribution in [2.24, 2.45) is 0 Å². The first-order chi connectivity index (χ1) is 11.6. The van der Waals surface area contributed by atoms with Crippen molar-refractivity contribution in [1.82, 2.24) is 9.88 Å². The molecule has 1 amide bonds.